The van der Waals surface area contributed by atoms with E-state index in [1.807, 2.05) is 13.0 Å². The Balaban J connectivity index is 1.54. The molecule has 2 aromatic carbocycles. The number of fused-ring (bicyclic) bond motifs is 4. The maximum atomic E-state index is 13.6. The second-order valence-corrected chi connectivity index (χ2v) is 11.8. The summed E-state index contributed by atoms with van der Waals surface area (Å²) in [7, 11) is 0. The summed E-state index contributed by atoms with van der Waals surface area (Å²) in [5, 5.41) is 23.5. The fraction of sp³-hybridized carbons (Fsp3) is 0.364. The monoisotopic (exact) mass is 556 g/mol. The predicted molar refractivity (Wildman–Crippen MR) is 147 cm³/mol. The second-order valence-electron chi connectivity index (χ2n) is 11.8. The number of carboxylic acid groups (broad SMARTS) is 1. The van der Waals surface area contributed by atoms with Crippen molar-refractivity contribution in [3.63, 3.8) is 0 Å². The van der Waals surface area contributed by atoms with E-state index in [1.165, 1.54) is 13.0 Å². The molecule has 1 heterocycles. The molecule has 0 spiro atoms. The summed E-state index contributed by atoms with van der Waals surface area (Å²) in [4.78, 5) is 40.1. The van der Waals surface area contributed by atoms with Gasteiger partial charge in [0.15, 0.2) is 6.10 Å². The molecule has 0 radical (unpaired) electrons. The average molecular weight is 557 g/mol. The fourth-order valence-electron chi connectivity index (χ4n) is 7.51. The van der Waals surface area contributed by atoms with Crippen LogP contribution < -0.4 is 0 Å². The van der Waals surface area contributed by atoms with Crippen LogP contribution in [0.25, 0.3) is 0 Å². The van der Waals surface area contributed by atoms with Gasteiger partial charge in [0.1, 0.15) is 22.9 Å². The zero-order chi connectivity index (χ0) is 29.0. The van der Waals surface area contributed by atoms with Gasteiger partial charge in [0, 0.05) is 17.8 Å². The third-order valence-electron chi connectivity index (χ3n) is 9.76. The van der Waals surface area contributed by atoms with E-state index in [9.17, 15) is 24.6 Å². The standard InChI is InChI=1S/C33H32O8/c1-31-15-9-16-32(2,30(36)37)33(31,38)27(41-29(35)21-12-7-4-8-13-21)26(40-28(34)20-10-5-3-6-11-20)23-18-22-14-17-39-25(22)19-24(23)31/h3-14,16-17,23-24,26-27,38H,15,18-19H2,1-2H3,(H,36,37)/t23-,24-,26+,27+,31+,32+,33-/m0/s1. The zero-order valence-electron chi connectivity index (χ0n) is 22.9. The topological polar surface area (TPSA) is 123 Å². The molecule has 8 heteroatoms. The van der Waals surface area contributed by atoms with Crippen LogP contribution in [0.3, 0.4) is 0 Å². The van der Waals surface area contributed by atoms with Crippen molar-refractivity contribution >= 4 is 17.9 Å². The van der Waals surface area contributed by atoms with Gasteiger partial charge in [-0.15, -0.1) is 0 Å². The van der Waals surface area contributed by atoms with E-state index in [1.54, 1.807) is 73.0 Å². The number of esters is 2. The van der Waals surface area contributed by atoms with Gasteiger partial charge < -0.3 is 24.1 Å². The van der Waals surface area contributed by atoms with Crippen LogP contribution in [0.5, 0.6) is 0 Å². The van der Waals surface area contributed by atoms with Gasteiger partial charge in [-0.1, -0.05) is 55.5 Å². The normalized spacial score (nSPS) is 33.5. The van der Waals surface area contributed by atoms with E-state index in [2.05, 4.69) is 0 Å². The summed E-state index contributed by atoms with van der Waals surface area (Å²) in [6, 6.07) is 18.6. The molecule has 0 aliphatic heterocycles. The van der Waals surface area contributed by atoms with Gasteiger partial charge in [0.25, 0.3) is 0 Å². The molecule has 41 heavy (non-hydrogen) atoms. The lowest BCUT2D eigenvalue weighted by molar-refractivity contribution is -0.290. The second kappa shape index (κ2) is 9.73. The third-order valence-corrected chi connectivity index (χ3v) is 9.76. The molecule has 0 saturated heterocycles. The summed E-state index contributed by atoms with van der Waals surface area (Å²) in [5.74, 6) is -2.65. The van der Waals surface area contributed by atoms with Crippen molar-refractivity contribution in [3.05, 3.63) is 108 Å². The first-order valence-electron chi connectivity index (χ1n) is 13.8. The molecule has 1 saturated carbocycles. The van der Waals surface area contributed by atoms with Crippen LogP contribution in [0.1, 0.15) is 52.3 Å². The largest absolute Gasteiger partial charge is 0.481 e. The number of aliphatic carboxylic acids is 1. The summed E-state index contributed by atoms with van der Waals surface area (Å²) in [5.41, 5.74) is -3.63. The van der Waals surface area contributed by atoms with Gasteiger partial charge in [0.05, 0.1) is 17.4 Å². The minimum absolute atomic E-state index is 0.234. The number of carbonyl (C=O) groups is 3. The highest BCUT2D eigenvalue weighted by Crippen LogP contribution is 2.65. The smallest absolute Gasteiger partial charge is 0.338 e. The Morgan fingerprint density at radius 2 is 1.49 bits per heavy atom. The zero-order valence-corrected chi connectivity index (χ0v) is 22.9. The van der Waals surface area contributed by atoms with Crippen LogP contribution >= 0.6 is 0 Å². The van der Waals surface area contributed by atoms with E-state index in [-0.39, 0.29) is 11.5 Å². The lowest BCUT2D eigenvalue weighted by atomic mass is 9.42. The number of carboxylic acids is 1. The summed E-state index contributed by atoms with van der Waals surface area (Å²) >= 11 is 0. The Labute approximate surface area is 237 Å². The highest BCUT2D eigenvalue weighted by molar-refractivity contribution is 5.90. The minimum atomic E-state index is -2.15. The van der Waals surface area contributed by atoms with Gasteiger partial charge in [0.2, 0.25) is 0 Å². The molecular weight excluding hydrogens is 524 g/mol. The van der Waals surface area contributed by atoms with Crippen molar-refractivity contribution in [2.45, 2.75) is 50.9 Å². The first kappa shape index (κ1) is 27.0. The van der Waals surface area contributed by atoms with Crippen LogP contribution in [-0.4, -0.2) is 45.9 Å². The maximum Gasteiger partial charge on any atom is 0.338 e. The molecule has 1 aromatic heterocycles. The van der Waals surface area contributed by atoms with Crippen LogP contribution in [-0.2, 0) is 27.1 Å². The maximum absolute atomic E-state index is 13.6. The fourth-order valence-corrected chi connectivity index (χ4v) is 7.51. The van der Waals surface area contributed by atoms with Crippen molar-refractivity contribution in [1.29, 1.82) is 0 Å². The van der Waals surface area contributed by atoms with E-state index in [0.717, 1.165) is 11.3 Å². The number of rotatable bonds is 5. The van der Waals surface area contributed by atoms with Crippen LogP contribution in [0.15, 0.2) is 89.6 Å². The first-order valence-corrected chi connectivity index (χ1v) is 13.8. The number of hydrogen-bond acceptors (Lipinski definition) is 7. The lowest BCUT2D eigenvalue weighted by Gasteiger charge is -2.66. The van der Waals surface area contributed by atoms with E-state index in [0.29, 0.717) is 24.8 Å². The Hall–Kier alpha value is -4.17. The van der Waals surface area contributed by atoms with Crippen molar-refractivity contribution in [2.24, 2.45) is 22.7 Å². The molecule has 0 amide bonds. The van der Waals surface area contributed by atoms with E-state index in [4.69, 9.17) is 13.9 Å². The number of benzene rings is 2. The Morgan fingerprint density at radius 1 is 0.878 bits per heavy atom. The highest BCUT2D eigenvalue weighted by atomic mass is 16.6. The Kier molecular flexibility index (Phi) is 6.41. The van der Waals surface area contributed by atoms with Crippen molar-refractivity contribution in [1.82, 2.24) is 0 Å². The molecule has 0 unspecified atom stereocenters. The third kappa shape index (κ3) is 3.95. The molecule has 2 N–H and O–H groups in total. The summed E-state index contributed by atoms with van der Waals surface area (Å²) in [6.45, 7) is 3.28. The molecule has 212 valence electrons. The minimum Gasteiger partial charge on any atom is -0.481 e. The molecule has 3 aliphatic carbocycles. The number of allylic oxidation sites excluding steroid dienone is 1. The van der Waals surface area contributed by atoms with Gasteiger partial charge in [-0.3, -0.25) is 4.79 Å². The molecule has 1 fully saturated rings. The quantitative estimate of drug-likeness (QED) is 0.337. The molecule has 6 rings (SSSR count). The average Bonchev–Trinajstić information content (AvgIpc) is 3.45. The number of ether oxygens (including phenoxy) is 2. The summed E-state index contributed by atoms with van der Waals surface area (Å²) in [6.07, 6.45) is 3.41. The van der Waals surface area contributed by atoms with Crippen molar-refractivity contribution in [2.75, 3.05) is 0 Å². The SMILES string of the molecule is C[C@]1(C(=O)O)C=CC[C@]2(C)[C@H]3Cc4occc4C[C@@H]3[C@@H](OC(=O)c3ccccc3)[C@@H](OC(=O)c3ccccc3)[C@@]12O. The van der Waals surface area contributed by atoms with Gasteiger partial charge >= 0.3 is 17.9 Å². The molecule has 8 nitrogen and oxygen atoms in total. The number of carbonyl (C=O) groups excluding carboxylic acids is 2. The molecule has 0 bridgehead atoms. The lowest BCUT2D eigenvalue weighted by Crippen LogP contribution is -2.78. The number of hydrogen-bond donors (Lipinski definition) is 2. The molecule has 3 aliphatic rings. The van der Waals surface area contributed by atoms with Crippen molar-refractivity contribution < 1.29 is 38.5 Å². The molecular formula is C33H32O8. The first-order chi connectivity index (χ1) is 19.6. The molecule has 3 aromatic rings. The summed E-state index contributed by atoms with van der Waals surface area (Å²) < 4.78 is 18.1. The van der Waals surface area contributed by atoms with Crippen LogP contribution in [0, 0.1) is 22.7 Å². The van der Waals surface area contributed by atoms with Gasteiger partial charge in [-0.25, -0.2) is 9.59 Å². The highest BCUT2D eigenvalue weighted by Gasteiger charge is 2.75. The van der Waals surface area contributed by atoms with E-state index < -0.39 is 52.5 Å². The van der Waals surface area contributed by atoms with Crippen LogP contribution in [0.2, 0.25) is 0 Å². The van der Waals surface area contributed by atoms with Crippen molar-refractivity contribution in [3.8, 4) is 0 Å². The number of aliphatic hydroxyl groups is 1. The predicted octanol–water partition coefficient (Wildman–Crippen LogP) is 4.86. The Bertz CT molecular complexity index is 1510. The van der Waals surface area contributed by atoms with Gasteiger partial charge in [-0.05, 0) is 61.6 Å². The molecule has 7 atom stereocenters. The Morgan fingerprint density at radius 3 is 2.10 bits per heavy atom. The van der Waals surface area contributed by atoms with Crippen LogP contribution in [0.4, 0.5) is 0 Å². The number of furan rings is 1. The van der Waals surface area contributed by atoms with Gasteiger partial charge in [-0.2, -0.15) is 0 Å². The van der Waals surface area contributed by atoms with E-state index >= 15 is 0 Å².